The summed E-state index contributed by atoms with van der Waals surface area (Å²) >= 11 is 1.40. The zero-order chi connectivity index (χ0) is 12.8. The highest BCUT2D eigenvalue weighted by molar-refractivity contribution is 7.07. The van der Waals surface area contributed by atoms with Crippen LogP contribution in [0.5, 0.6) is 0 Å². The van der Waals surface area contributed by atoms with Crippen LogP contribution in [-0.4, -0.2) is 41.9 Å². The van der Waals surface area contributed by atoms with Gasteiger partial charge in [-0.25, -0.2) is 4.98 Å². The number of nitrogens with zero attached hydrogens (tertiary/aromatic N) is 1. The molecule has 0 saturated carbocycles. The molecule has 1 saturated heterocycles. The molecule has 2 heterocycles. The van der Waals surface area contributed by atoms with Crippen molar-refractivity contribution in [3.8, 4) is 0 Å². The number of carbonyl (C=O) groups is 1. The van der Waals surface area contributed by atoms with E-state index < -0.39 is 0 Å². The van der Waals surface area contributed by atoms with Gasteiger partial charge in [0.2, 0.25) is 0 Å². The summed E-state index contributed by atoms with van der Waals surface area (Å²) in [4.78, 5) is 15.9. The highest BCUT2D eigenvalue weighted by atomic mass is 32.1. The van der Waals surface area contributed by atoms with Crippen LogP contribution in [-0.2, 0) is 4.74 Å². The minimum atomic E-state index is -0.152. The lowest BCUT2D eigenvalue weighted by Crippen LogP contribution is -2.43. The number of amides is 1. The maximum absolute atomic E-state index is 12.0. The van der Waals surface area contributed by atoms with Gasteiger partial charge in [-0.3, -0.25) is 4.79 Å². The van der Waals surface area contributed by atoms with Gasteiger partial charge in [0.1, 0.15) is 5.69 Å². The van der Waals surface area contributed by atoms with Gasteiger partial charge in [0.05, 0.1) is 5.51 Å². The van der Waals surface area contributed by atoms with E-state index in [-0.39, 0.29) is 18.6 Å². The minimum absolute atomic E-state index is 0.00750. The fourth-order valence-electron chi connectivity index (χ4n) is 2.25. The third kappa shape index (κ3) is 3.51. The van der Waals surface area contributed by atoms with Crippen LogP contribution >= 0.6 is 11.3 Å². The molecule has 1 fully saturated rings. The zero-order valence-electron chi connectivity index (χ0n) is 10.2. The van der Waals surface area contributed by atoms with Crippen molar-refractivity contribution >= 4 is 17.2 Å². The van der Waals surface area contributed by atoms with Crippen LogP contribution in [0.15, 0.2) is 10.9 Å². The molecule has 1 atom stereocenters. The van der Waals surface area contributed by atoms with Gasteiger partial charge in [0.25, 0.3) is 5.91 Å². The van der Waals surface area contributed by atoms with Crippen molar-refractivity contribution in [2.75, 3.05) is 19.8 Å². The highest BCUT2D eigenvalue weighted by Crippen LogP contribution is 2.21. The number of aliphatic hydroxyl groups is 1. The molecule has 5 nitrogen and oxygen atoms in total. The summed E-state index contributed by atoms with van der Waals surface area (Å²) in [6.07, 6.45) is 2.45. The van der Waals surface area contributed by atoms with E-state index in [2.05, 4.69) is 10.3 Å². The van der Waals surface area contributed by atoms with Gasteiger partial charge < -0.3 is 15.2 Å². The second-order valence-corrected chi connectivity index (χ2v) is 5.13. The van der Waals surface area contributed by atoms with Crippen LogP contribution < -0.4 is 5.32 Å². The maximum Gasteiger partial charge on any atom is 0.270 e. The number of thiazole rings is 1. The lowest BCUT2D eigenvalue weighted by molar-refractivity contribution is 0.0478. The van der Waals surface area contributed by atoms with E-state index in [9.17, 15) is 4.79 Å². The fourth-order valence-corrected chi connectivity index (χ4v) is 2.78. The van der Waals surface area contributed by atoms with Gasteiger partial charge >= 0.3 is 0 Å². The number of ether oxygens (including phenoxy) is 1. The zero-order valence-corrected chi connectivity index (χ0v) is 11.0. The van der Waals surface area contributed by atoms with E-state index in [4.69, 9.17) is 9.84 Å². The van der Waals surface area contributed by atoms with Crippen molar-refractivity contribution < 1.29 is 14.6 Å². The Bertz CT molecular complexity index is 363. The van der Waals surface area contributed by atoms with Gasteiger partial charge in [-0.15, -0.1) is 11.3 Å². The molecule has 0 bridgehead atoms. The number of aromatic nitrogens is 1. The largest absolute Gasteiger partial charge is 0.396 e. The molecule has 100 valence electrons. The highest BCUT2D eigenvalue weighted by Gasteiger charge is 2.25. The summed E-state index contributed by atoms with van der Waals surface area (Å²) < 4.78 is 5.32. The number of rotatable bonds is 5. The van der Waals surface area contributed by atoms with Crippen LogP contribution in [0.1, 0.15) is 29.8 Å². The van der Waals surface area contributed by atoms with Crippen LogP contribution in [0.4, 0.5) is 0 Å². The predicted octanol–water partition coefficient (Wildman–Crippen LogP) is 1.05. The first-order valence-electron chi connectivity index (χ1n) is 6.19. The molecule has 2 N–H and O–H groups in total. The van der Waals surface area contributed by atoms with Crippen molar-refractivity contribution in [3.05, 3.63) is 16.6 Å². The van der Waals surface area contributed by atoms with Crippen LogP contribution in [0.25, 0.3) is 0 Å². The molecule has 1 aromatic heterocycles. The van der Waals surface area contributed by atoms with E-state index >= 15 is 0 Å². The Labute approximate surface area is 110 Å². The smallest absolute Gasteiger partial charge is 0.270 e. The van der Waals surface area contributed by atoms with Crippen LogP contribution in [0, 0.1) is 5.92 Å². The first-order chi connectivity index (χ1) is 8.81. The molecule has 0 aromatic carbocycles. The normalized spacial score (nSPS) is 18.5. The molecular formula is C12H18N2O3S. The average molecular weight is 270 g/mol. The minimum Gasteiger partial charge on any atom is -0.396 e. The van der Waals surface area contributed by atoms with E-state index in [1.165, 1.54) is 11.3 Å². The second kappa shape index (κ2) is 6.82. The third-order valence-corrected chi connectivity index (χ3v) is 3.84. The van der Waals surface area contributed by atoms with E-state index in [1.54, 1.807) is 10.9 Å². The molecule has 1 aliphatic heterocycles. The van der Waals surface area contributed by atoms with Crippen molar-refractivity contribution in [1.82, 2.24) is 10.3 Å². The number of hydrogen-bond donors (Lipinski definition) is 2. The lowest BCUT2D eigenvalue weighted by atomic mass is 9.90. The molecular weight excluding hydrogens is 252 g/mol. The Balaban J connectivity index is 1.94. The number of aliphatic hydroxyl groups excluding tert-OH is 1. The van der Waals surface area contributed by atoms with Gasteiger partial charge in [-0.05, 0) is 25.2 Å². The van der Waals surface area contributed by atoms with Crippen molar-refractivity contribution in [1.29, 1.82) is 0 Å². The molecule has 18 heavy (non-hydrogen) atoms. The standard InChI is InChI=1S/C12H18N2O3S/c15-4-1-10(9-2-5-17-6-3-9)14-12(16)11-7-18-8-13-11/h7-10,15H,1-6H2,(H,14,16). The summed E-state index contributed by atoms with van der Waals surface area (Å²) in [6, 6.07) is 0.00750. The number of carbonyl (C=O) groups excluding carboxylic acids is 1. The first-order valence-corrected chi connectivity index (χ1v) is 7.13. The van der Waals surface area contributed by atoms with Gasteiger partial charge in [0.15, 0.2) is 0 Å². The maximum atomic E-state index is 12.0. The van der Waals surface area contributed by atoms with Gasteiger partial charge in [-0.1, -0.05) is 0 Å². The second-order valence-electron chi connectivity index (χ2n) is 4.42. The average Bonchev–Trinajstić information content (AvgIpc) is 2.93. The monoisotopic (exact) mass is 270 g/mol. The molecule has 0 spiro atoms. The Morgan fingerprint density at radius 2 is 2.39 bits per heavy atom. The Morgan fingerprint density at radius 3 is 3.00 bits per heavy atom. The summed E-state index contributed by atoms with van der Waals surface area (Å²) in [5, 5.41) is 13.8. The van der Waals surface area contributed by atoms with Gasteiger partial charge in [0, 0.05) is 31.2 Å². The quantitative estimate of drug-likeness (QED) is 0.839. The van der Waals surface area contributed by atoms with E-state index in [1.807, 2.05) is 0 Å². The van der Waals surface area contributed by atoms with E-state index in [0.717, 1.165) is 26.1 Å². The van der Waals surface area contributed by atoms with Crippen LogP contribution in [0.2, 0.25) is 0 Å². The molecule has 1 amide bonds. The summed E-state index contributed by atoms with van der Waals surface area (Å²) in [5.74, 6) is 0.231. The Hall–Kier alpha value is -0.980. The molecule has 0 aliphatic carbocycles. The van der Waals surface area contributed by atoms with Gasteiger partial charge in [-0.2, -0.15) is 0 Å². The third-order valence-electron chi connectivity index (χ3n) is 3.26. The summed E-state index contributed by atoms with van der Waals surface area (Å²) in [7, 11) is 0. The molecule has 1 unspecified atom stereocenters. The molecule has 1 aliphatic rings. The lowest BCUT2D eigenvalue weighted by Gasteiger charge is -2.30. The Kier molecular flexibility index (Phi) is 5.10. The summed E-state index contributed by atoms with van der Waals surface area (Å²) in [6.45, 7) is 1.55. The summed E-state index contributed by atoms with van der Waals surface area (Å²) in [5.41, 5.74) is 2.10. The number of nitrogens with one attached hydrogen (secondary N) is 1. The number of hydrogen-bond acceptors (Lipinski definition) is 5. The fraction of sp³-hybridized carbons (Fsp3) is 0.667. The van der Waals surface area contributed by atoms with E-state index in [0.29, 0.717) is 18.0 Å². The SMILES string of the molecule is O=C(NC(CCO)C1CCOCC1)c1cscn1. The molecule has 0 radical (unpaired) electrons. The Morgan fingerprint density at radius 1 is 1.61 bits per heavy atom. The van der Waals surface area contributed by atoms with Crippen molar-refractivity contribution in [3.63, 3.8) is 0 Å². The molecule has 1 aromatic rings. The molecule has 6 heteroatoms. The topological polar surface area (TPSA) is 71.5 Å². The molecule has 2 rings (SSSR count). The van der Waals surface area contributed by atoms with Crippen LogP contribution in [0.3, 0.4) is 0 Å². The first kappa shape index (κ1) is 13.5. The van der Waals surface area contributed by atoms with Crippen molar-refractivity contribution in [2.24, 2.45) is 5.92 Å². The predicted molar refractivity (Wildman–Crippen MR) is 68.6 cm³/mol. The van der Waals surface area contributed by atoms with Crippen molar-refractivity contribution in [2.45, 2.75) is 25.3 Å².